The van der Waals surface area contributed by atoms with Crippen LogP contribution in [0.2, 0.25) is 0 Å². The first kappa shape index (κ1) is 17.6. The number of rotatable bonds is 4. The van der Waals surface area contributed by atoms with Gasteiger partial charge in [0.05, 0.1) is 10.9 Å². The van der Waals surface area contributed by atoms with E-state index < -0.39 is 10.0 Å². The molecular weight excluding hydrogens is 338 g/mol. The Hall–Kier alpha value is -1.17. The van der Waals surface area contributed by atoms with E-state index in [9.17, 15) is 8.42 Å². The Morgan fingerprint density at radius 2 is 1.83 bits per heavy atom. The maximum absolute atomic E-state index is 13.3. The van der Waals surface area contributed by atoms with Gasteiger partial charge in [0.2, 0.25) is 10.0 Å². The third-order valence-electron chi connectivity index (χ3n) is 4.73. The summed E-state index contributed by atoms with van der Waals surface area (Å²) in [6.07, 6.45) is 4.02. The zero-order valence-electron chi connectivity index (χ0n) is 14.3. The predicted octanol–water partition coefficient (Wildman–Crippen LogP) is 5.18. The van der Waals surface area contributed by atoms with Gasteiger partial charge in [-0.3, -0.25) is 0 Å². The summed E-state index contributed by atoms with van der Waals surface area (Å²) in [5.74, 6) is 0.402. The van der Waals surface area contributed by atoms with Crippen molar-refractivity contribution >= 4 is 21.4 Å². The fraction of sp³-hybridized carbons (Fsp3) is 0.474. The Bertz CT molecular complexity index is 749. The molecule has 5 heteroatoms. The summed E-state index contributed by atoms with van der Waals surface area (Å²) in [6, 6.07) is 11.5. The zero-order chi connectivity index (χ0) is 17.2. The van der Waals surface area contributed by atoms with Crippen LogP contribution in [0.4, 0.5) is 0 Å². The van der Waals surface area contributed by atoms with Crippen molar-refractivity contribution in [1.29, 1.82) is 0 Å². The van der Waals surface area contributed by atoms with E-state index in [1.165, 1.54) is 5.56 Å². The number of nitrogens with zero attached hydrogens (tertiary/aromatic N) is 1. The van der Waals surface area contributed by atoms with Gasteiger partial charge < -0.3 is 0 Å². The molecular formula is C19H25NO2S2. The first-order chi connectivity index (χ1) is 11.5. The molecule has 130 valence electrons. The van der Waals surface area contributed by atoms with E-state index in [2.05, 4.69) is 19.9 Å². The molecule has 0 radical (unpaired) electrons. The Morgan fingerprint density at radius 3 is 2.46 bits per heavy atom. The quantitative estimate of drug-likeness (QED) is 0.751. The van der Waals surface area contributed by atoms with Gasteiger partial charge in [0, 0.05) is 11.4 Å². The van der Waals surface area contributed by atoms with Gasteiger partial charge in [-0.15, -0.1) is 11.3 Å². The molecule has 0 spiro atoms. The molecule has 1 aromatic carbocycles. The van der Waals surface area contributed by atoms with Crippen LogP contribution in [-0.2, 0) is 10.0 Å². The average molecular weight is 364 g/mol. The minimum absolute atomic E-state index is 0.0257. The minimum Gasteiger partial charge on any atom is -0.207 e. The Morgan fingerprint density at radius 1 is 1.08 bits per heavy atom. The zero-order valence-corrected chi connectivity index (χ0v) is 15.9. The molecule has 0 aliphatic carbocycles. The highest BCUT2D eigenvalue weighted by atomic mass is 32.2. The van der Waals surface area contributed by atoms with Gasteiger partial charge in [-0.2, -0.15) is 4.31 Å². The highest BCUT2D eigenvalue weighted by Gasteiger charge is 2.33. The molecule has 3 nitrogen and oxygen atoms in total. The summed E-state index contributed by atoms with van der Waals surface area (Å²) in [7, 11) is -3.46. The van der Waals surface area contributed by atoms with Crippen molar-refractivity contribution in [2.45, 2.75) is 56.4 Å². The number of benzene rings is 1. The minimum atomic E-state index is -3.46. The molecule has 2 aromatic rings. The van der Waals surface area contributed by atoms with Gasteiger partial charge in [-0.25, -0.2) is 8.42 Å². The Kier molecular flexibility index (Phi) is 5.42. The highest BCUT2D eigenvalue weighted by molar-refractivity contribution is 7.89. The van der Waals surface area contributed by atoms with Gasteiger partial charge in [0.25, 0.3) is 0 Å². The first-order valence-electron chi connectivity index (χ1n) is 8.65. The summed E-state index contributed by atoms with van der Waals surface area (Å²) in [5, 5.41) is 2.03. The molecule has 0 N–H and O–H groups in total. The standard InChI is InChI=1S/C19H25NO2S2/c1-15(2)16-9-11-17(12-10-16)24(21,22)20-13-5-3-4-7-18(20)19-8-6-14-23-19/h6,8-12,14-15,18H,3-5,7,13H2,1-2H3/t18-/m1/s1. The summed E-state index contributed by atoms with van der Waals surface area (Å²) in [6.45, 7) is 4.84. The lowest BCUT2D eigenvalue weighted by molar-refractivity contribution is 0.333. The molecule has 1 aliphatic rings. The van der Waals surface area contributed by atoms with Crippen LogP contribution in [0.3, 0.4) is 0 Å². The van der Waals surface area contributed by atoms with Crippen molar-refractivity contribution in [3.05, 3.63) is 52.2 Å². The summed E-state index contributed by atoms with van der Waals surface area (Å²) in [4.78, 5) is 1.56. The van der Waals surface area contributed by atoms with Crippen molar-refractivity contribution in [3.8, 4) is 0 Å². The maximum atomic E-state index is 13.3. The van der Waals surface area contributed by atoms with Gasteiger partial charge in [-0.1, -0.05) is 44.9 Å². The molecule has 1 aromatic heterocycles. The van der Waals surface area contributed by atoms with Crippen molar-refractivity contribution < 1.29 is 8.42 Å². The second-order valence-electron chi connectivity index (χ2n) is 6.72. The molecule has 1 fully saturated rings. The lowest BCUT2D eigenvalue weighted by atomic mass is 10.0. The van der Waals surface area contributed by atoms with Crippen LogP contribution in [0.5, 0.6) is 0 Å². The van der Waals surface area contributed by atoms with E-state index in [0.29, 0.717) is 17.4 Å². The molecule has 0 bridgehead atoms. The third-order valence-corrected chi connectivity index (χ3v) is 7.62. The van der Waals surface area contributed by atoms with E-state index in [0.717, 1.165) is 30.6 Å². The first-order valence-corrected chi connectivity index (χ1v) is 11.0. The molecule has 3 rings (SSSR count). The highest BCUT2D eigenvalue weighted by Crippen LogP contribution is 2.36. The van der Waals surface area contributed by atoms with E-state index in [4.69, 9.17) is 0 Å². The largest absolute Gasteiger partial charge is 0.243 e. The van der Waals surface area contributed by atoms with Crippen molar-refractivity contribution in [2.24, 2.45) is 0 Å². The molecule has 0 saturated carbocycles. The van der Waals surface area contributed by atoms with Crippen LogP contribution < -0.4 is 0 Å². The topological polar surface area (TPSA) is 37.4 Å². The SMILES string of the molecule is CC(C)c1ccc(S(=O)(=O)N2CCCCC[C@@H]2c2cccs2)cc1. The van der Waals surface area contributed by atoms with Crippen LogP contribution >= 0.6 is 11.3 Å². The molecule has 1 atom stereocenters. The van der Waals surface area contributed by atoms with Gasteiger partial charge >= 0.3 is 0 Å². The van der Waals surface area contributed by atoms with E-state index in [1.54, 1.807) is 27.8 Å². The Balaban J connectivity index is 1.95. The smallest absolute Gasteiger partial charge is 0.207 e. The van der Waals surface area contributed by atoms with Gasteiger partial charge in [0.15, 0.2) is 0 Å². The number of sulfonamides is 1. The second kappa shape index (κ2) is 7.38. The lowest BCUT2D eigenvalue weighted by Gasteiger charge is -2.28. The van der Waals surface area contributed by atoms with Gasteiger partial charge in [-0.05, 0) is 47.9 Å². The van der Waals surface area contributed by atoms with E-state index in [-0.39, 0.29) is 6.04 Å². The monoisotopic (exact) mass is 363 g/mol. The molecule has 0 unspecified atom stereocenters. The fourth-order valence-electron chi connectivity index (χ4n) is 3.29. The number of hydrogen-bond donors (Lipinski definition) is 0. The summed E-state index contributed by atoms with van der Waals surface area (Å²) >= 11 is 1.65. The van der Waals surface area contributed by atoms with Gasteiger partial charge in [0.1, 0.15) is 0 Å². The van der Waals surface area contributed by atoms with Crippen LogP contribution in [0.15, 0.2) is 46.7 Å². The van der Waals surface area contributed by atoms with Crippen molar-refractivity contribution in [3.63, 3.8) is 0 Å². The van der Waals surface area contributed by atoms with E-state index in [1.807, 2.05) is 23.6 Å². The predicted molar refractivity (Wildman–Crippen MR) is 100.0 cm³/mol. The lowest BCUT2D eigenvalue weighted by Crippen LogP contribution is -2.34. The molecule has 24 heavy (non-hydrogen) atoms. The molecule has 1 saturated heterocycles. The third kappa shape index (κ3) is 3.58. The second-order valence-corrected chi connectivity index (χ2v) is 9.59. The summed E-state index contributed by atoms with van der Waals surface area (Å²) < 4.78 is 28.2. The number of thiophene rings is 1. The van der Waals surface area contributed by atoms with Crippen LogP contribution in [0.1, 0.15) is 61.9 Å². The van der Waals surface area contributed by atoms with Crippen molar-refractivity contribution in [2.75, 3.05) is 6.54 Å². The molecule has 0 amide bonds. The van der Waals surface area contributed by atoms with E-state index >= 15 is 0 Å². The normalized spacial score (nSPS) is 20.2. The van der Waals surface area contributed by atoms with Crippen molar-refractivity contribution in [1.82, 2.24) is 4.31 Å². The van der Waals surface area contributed by atoms with Crippen LogP contribution in [0.25, 0.3) is 0 Å². The maximum Gasteiger partial charge on any atom is 0.243 e. The Labute approximate surface area is 149 Å². The fourth-order valence-corrected chi connectivity index (χ4v) is 5.91. The summed E-state index contributed by atoms with van der Waals surface area (Å²) in [5.41, 5.74) is 1.17. The average Bonchev–Trinajstić information content (AvgIpc) is 2.98. The molecule has 1 aliphatic heterocycles. The number of hydrogen-bond acceptors (Lipinski definition) is 3. The van der Waals surface area contributed by atoms with Crippen LogP contribution in [-0.4, -0.2) is 19.3 Å². The molecule has 2 heterocycles. The van der Waals surface area contributed by atoms with Crippen LogP contribution in [0, 0.1) is 0 Å².